The highest BCUT2D eigenvalue weighted by Gasteiger charge is 2.52. The lowest BCUT2D eigenvalue weighted by molar-refractivity contribution is -0.334. The van der Waals surface area contributed by atoms with Gasteiger partial charge in [-0.1, -0.05) is 84.5 Å². The molecule has 11 bridgehead atoms. The third-order valence-electron chi connectivity index (χ3n) is 21.3. The predicted molar refractivity (Wildman–Crippen MR) is 443 cm³/mol. The van der Waals surface area contributed by atoms with Crippen molar-refractivity contribution in [1.29, 1.82) is 0 Å². The van der Waals surface area contributed by atoms with Crippen molar-refractivity contribution >= 4 is 111 Å². The number of nitrogens with zero attached hydrogens (tertiary/aromatic N) is 2. The van der Waals surface area contributed by atoms with Gasteiger partial charge in [0, 0.05) is 54.5 Å². The molecule has 43 heteroatoms. The summed E-state index contributed by atoms with van der Waals surface area (Å²) in [6, 6.07) is 5.65. The van der Waals surface area contributed by atoms with E-state index in [9.17, 15) is 69.9 Å². The number of hydrogen-bond donors (Lipinski definition) is 20. The smallest absolute Gasteiger partial charge is 0.349 e. The summed E-state index contributed by atoms with van der Waals surface area (Å²) < 4.78 is 40.6. The maximum atomic E-state index is 16.3. The number of phenolic OH excluding ortho intramolecular Hbond substituents is 3. The Hall–Kier alpha value is -11.4. The maximum Gasteiger partial charge on any atom is 0.349 e. The number of rotatable bonds is 21. The molecule has 14 rings (SSSR count). The number of benzene rings is 6. The first-order valence-corrected chi connectivity index (χ1v) is 40.4. The Balaban J connectivity index is 0.992. The van der Waals surface area contributed by atoms with E-state index < -0.39 is 254 Å². The largest absolute Gasteiger partial charge is 0.508 e. The van der Waals surface area contributed by atoms with E-state index >= 15 is 24.0 Å². The number of nitrogens with one attached hydrogen (secondary N) is 10. The van der Waals surface area contributed by atoms with Crippen molar-refractivity contribution in [3.8, 4) is 57.1 Å². The van der Waals surface area contributed by atoms with Gasteiger partial charge in [0.25, 0.3) is 5.91 Å². The third kappa shape index (κ3) is 21.1. The van der Waals surface area contributed by atoms with Crippen molar-refractivity contribution in [2.24, 2.45) is 11.7 Å². The maximum absolute atomic E-state index is 16.3. The number of aromatic nitrogens is 2. The van der Waals surface area contributed by atoms with Crippen LogP contribution in [0.25, 0.3) is 17.2 Å². The predicted octanol–water partition coefficient (Wildman–Crippen LogP) is 2.55. The van der Waals surface area contributed by atoms with Crippen molar-refractivity contribution in [3.63, 3.8) is 0 Å². The zero-order chi connectivity index (χ0) is 90.5. The second-order valence-corrected chi connectivity index (χ2v) is 32.3. The molecular formula is C82H89Cl4N13O26. The number of halogens is 4. The van der Waals surface area contributed by atoms with E-state index in [1.54, 1.807) is 25.1 Å². The molecule has 125 heavy (non-hydrogen) atoms. The summed E-state index contributed by atoms with van der Waals surface area (Å²) in [4.78, 5) is 155. The van der Waals surface area contributed by atoms with Crippen molar-refractivity contribution in [2.45, 2.75) is 163 Å². The number of hydroxylamine groups is 1. The van der Waals surface area contributed by atoms with Gasteiger partial charge in [-0.3, -0.25) is 52.6 Å². The number of nitrogens with two attached hydrogens (primary N) is 1. The Morgan fingerprint density at radius 1 is 0.712 bits per heavy atom. The average molecular weight is 1810 g/mol. The minimum Gasteiger partial charge on any atom is -0.508 e. The van der Waals surface area contributed by atoms with Crippen LogP contribution in [-0.2, 0) is 68.7 Å². The molecule has 9 amide bonds. The van der Waals surface area contributed by atoms with Crippen molar-refractivity contribution in [1.82, 2.24) is 57.6 Å². The van der Waals surface area contributed by atoms with Crippen LogP contribution in [0.3, 0.4) is 0 Å². The van der Waals surface area contributed by atoms with Gasteiger partial charge in [-0.2, -0.15) is 4.98 Å². The molecule has 8 heterocycles. The number of aromatic hydroxyl groups is 3. The lowest BCUT2D eigenvalue weighted by Crippen LogP contribution is -2.65. The van der Waals surface area contributed by atoms with Gasteiger partial charge < -0.3 is 128 Å². The van der Waals surface area contributed by atoms with Crippen LogP contribution in [0.15, 0.2) is 120 Å². The van der Waals surface area contributed by atoms with Gasteiger partial charge in [-0.15, -0.1) is 0 Å². The number of likely N-dealkylation sites (N-methyl/N-ethyl adjacent to an activating group) is 1. The zero-order valence-electron chi connectivity index (χ0n) is 67.1. The van der Waals surface area contributed by atoms with Gasteiger partial charge in [-0.05, 0) is 145 Å². The van der Waals surface area contributed by atoms with E-state index in [1.165, 1.54) is 55.1 Å². The molecular weight excluding hydrogens is 1720 g/mol. The molecule has 666 valence electrons. The second-order valence-electron chi connectivity index (χ2n) is 30.7. The first kappa shape index (κ1) is 92.8. The van der Waals surface area contributed by atoms with Crippen LogP contribution in [0.2, 0.25) is 20.1 Å². The lowest BCUT2D eigenvalue weighted by Gasteiger charge is -2.48. The molecule has 2 fully saturated rings. The number of aliphatic hydroxyl groups is 6. The number of fused-ring (bicyclic) bond motifs is 15. The molecule has 0 radical (unpaired) electrons. The molecule has 2 saturated heterocycles. The number of carbonyl (C=O) groups is 9. The number of phenols is 3. The minimum absolute atomic E-state index is 0.0445. The van der Waals surface area contributed by atoms with E-state index in [1.807, 2.05) is 13.8 Å². The number of primary amides is 1. The summed E-state index contributed by atoms with van der Waals surface area (Å²) in [6.45, 7) is 5.57. The van der Waals surface area contributed by atoms with Crippen LogP contribution >= 0.6 is 46.4 Å². The molecule has 1 aromatic heterocycles. The highest BCUT2D eigenvalue weighted by Crippen LogP contribution is 2.50. The van der Waals surface area contributed by atoms with E-state index in [4.69, 9.17) is 85.4 Å². The molecule has 39 nitrogen and oxygen atoms in total. The summed E-state index contributed by atoms with van der Waals surface area (Å²) in [7, 11) is 2.50. The van der Waals surface area contributed by atoms with Gasteiger partial charge in [-0.25, -0.2) is 10.3 Å². The van der Waals surface area contributed by atoms with Crippen LogP contribution in [-0.4, -0.2) is 215 Å². The Morgan fingerprint density at radius 2 is 1.37 bits per heavy atom. The molecule has 21 N–H and O–H groups in total. The fourth-order valence-electron chi connectivity index (χ4n) is 14.9. The van der Waals surface area contributed by atoms with Gasteiger partial charge >= 0.3 is 5.69 Å². The van der Waals surface area contributed by atoms with Gasteiger partial charge in [0.05, 0.1) is 58.5 Å². The fraction of sp³-hybridized carbons (Fsp3) is 0.378. The molecule has 0 spiro atoms. The van der Waals surface area contributed by atoms with E-state index in [-0.39, 0.29) is 65.1 Å². The van der Waals surface area contributed by atoms with E-state index in [0.717, 1.165) is 73.8 Å². The Bertz CT molecular complexity index is 5420. The quantitative estimate of drug-likeness (QED) is 0.0363. The molecule has 18 atom stereocenters. The van der Waals surface area contributed by atoms with Crippen molar-refractivity contribution in [3.05, 3.63) is 179 Å². The monoisotopic (exact) mass is 1810 g/mol. The van der Waals surface area contributed by atoms with Crippen LogP contribution in [0.5, 0.6) is 46.0 Å². The van der Waals surface area contributed by atoms with Crippen molar-refractivity contribution in [2.75, 3.05) is 32.6 Å². The Morgan fingerprint density at radius 3 is 2.00 bits per heavy atom. The van der Waals surface area contributed by atoms with Gasteiger partial charge in [0.2, 0.25) is 59.3 Å². The van der Waals surface area contributed by atoms with E-state index in [2.05, 4.69) is 58.3 Å². The molecule has 0 saturated carbocycles. The van der Waals surface area contributed by atoms with Crippen LogP contribution < -0.4 is 79.0 Å². The molecule has 6 aromatic carbocycles. The number of carbonyl (C=O) groups excluding carboxylic acids is 9. The number of aliphatic hydroxyl groups excluding tert-OH is 6. The topological polar surface area (TPSA) is 582 Å². The van der Waals surface area contributed by atoms with Gasteiger partial charge in [0.15, 0.2) is 23.9 Å². The average Bonchev–Trinajstić information content (AvgIpc) is 0.749. The molecule has 7 aliphatic rings. The normalized spacial score (nSPS) is 26.0. The summed E-state index contributed by atoms with van der Waals surface area (Å²) in [5.41, 5.74) is 3.56. The Kier molecular flexibility index (Phi) is 29.3. The standard InChI is InChI=1S/C82H89Cl4N13O26/c1-33(2)21-47(88-5)73(111)96-64-66(106)37-10-14-51(45(85)24-37)121-53-26-39-27-54(70(53)125-80-71(69(109)68(108)55(32-100)123-80)124-59-31-82(4,72(110)34(3)120-59)89-18-20-99-19-17-57(92-81(99)118)91-58(105)16-8-35-7-12-43(83)44(84)22-35)122-52-15-11-38(25-46(52)86)67(107)65-78(116)95-63(79(117)98-119-6)42-28-40(101)29-50(103)60(42)41-23-36(9-13-49(41)102)61(75(113)97-65)94-76(114)62(39)93-74(112)48(30-56(87)104)90-77(64)115/h7-17,19,22-29,33-34,47-48,55,59,61-69,71-72,80,88-89,100-103,106-110H,18,20-21,30-32H2,1-6H3,(H2,87,104)(H,90,115)(H,93,112)(H,94,114)(H,95,116)(H,96,111)(H,97,113)(H,98,117)(H,91,92,105,118)/b16-8+. The summed E-state index contributed by atoms with van der Waals surface area (Å²) in [6.07, 6.45) is -15.5. The van der Waals surface area contributed by atoms with Gasteiger partial charge in [0.1, 0.15) is 101 Å². The highest BCUT2D eigenvalue weighted by molar-refractivity contribution is 6.42. The minimum atomic E-state index is -2.39. The van der Waals surface area contributed by atoms with E-state index in [0.29, 0.717) is 10.6 Å². The SMILES string of the molecule is CNC(CC(C)C)C(=O)NC1C(=O)NC(CC(N)=O)C(=O)NC2C(=O)NC3C(=O)NC(C(=O)NC(C(=O)NOC)c4cc(O)cc(O)c4-c4cc3ccc4O)C(O)c3ccc(c(Cl)c3)Oc3cc2cc(c3OC2OC(CO)C(O)C(O)C2OC2CC(C)(NCCn3ccc(NC(=O)/C=C/c4ccc(Cl)c(Cl)c4)nc3=O)C(O)C(C)O2)Oc2ccc(cc2Cl)C1O. The number of anilines is 1. The number of ether oxygens (including phenoxy) is 6. The number of amides is 9. The Labute approximate surface area is 731 Å². The third-order valence-corrected chi connectivity index (χ3v) is 22.7. The molecule has 7 aliphatic heterocycles. The first-order chi connectivity index (χ1) is 59.3. The summed E-state index contributed by atoms with van der Waals surface area (Å²) in [5.74, 6) is -16.2. The highest BCUT2D eigenvalue weighted by atomic mass is 35.5. The zero-order valence-corrected chi connectivity index (χ0v) is 70.2. The second kappa shape index (κ2) is 39.5. The number of hydrogen-bond acceptors (Lipinski definition) is 29. The van der Waals surface area contributed by atoms with Crippen molar-refractivity contribution < 1.29 is 122 Å². The van der Waals surface area contributed by atoms with Crippen LogP contribution in [0.1, 0.15) is 111 Å². The fourth-order valence-corrected chi connectivity index (χ4v) is 15.7. The summed E-state index contributed by atoms with van der Waals surface area (Å²) in [5, 5.41) is 130. The first-order valence-electron chi connectivity index (χ1n) is 38.9. The molecule has 7 aromatic rings. The summed E-state index contributed by atoms with van der Waals surface area (Å²) >= 11 is 26.5. The lowest BCUT2D eigenvalue weighted by atomic mass is 9.85. The van der Waals surface area contributed by atoms with Crippen LogP contribution in [0, 0.1) is 5.92 Å². The molecule has 0 aliphatic carbocycles. The van der Waals surface area contributed by atoms with Crippen LogP contribution in [0.4, 0.5) is 5.82 Å². The molecule has 18 unspecified atom stereocenters.